The molecule has 0 aromatic heterocycles. The maximum absolute atomic E-state index is 10.5. The van der Waals surface area contributed by atoms with Gasteiger partial charge in [0.1, 0.15) is 0 Å². The third-order valence-corrected chi connectivity index (χ3v) is 2.78. The maximum Gasteiger partial charge on any atom is 0.304 e. The number of aliphatic carboxylic acids is 1. The van der Waals surface area contributed by atoms with Gasteiger partial charge in [-0.15, -0.1) is 6.58 Å². The number of carbonyl (C=O) groups is 1. The summed E-state index contributed by atoms with van der Waals surface area (Å²) in [4.78, 5) is 12.6. The van der Waals surface area contributed by atoms with Gasteiger partial charge >= 0.3 is 5.97 Å². The van der Waals surface area contributed by atoms with Gasteiger partial charge in [0.25, 0.3) is 0 Å². The van der Waals surface area contributed by atoms with Gasteiger partial charge in [0.2, 0.25) is 0 Å². The Morgan fingerprint density at radius 3 is 3.12 bits per heavy atom. The lowest BCUT2D eigenvalue weighted by molar-refractivity contribution is -0.137. The summed E-state index contributed by atoms with van der Waals surface area (Å²) in [6.45, 7) is 6.87. The summed E-state index contributed by atoms with van der Waals surface area (Å²) in [6.07, 6.45) is 5.40. The molecule has 1 unspecified atom stereocenters. The summed E-state index contributed by atoms with van der Waals surface area (Å²) in [5.74, 6) is -0.727. The second kappa shape index (κ2) is 7.41. The Kier molecular flexibility index (Phi) is 6.11. The van der Waals surface area contributed by atoms with Crippen LogP contribution < -0.4 is 0 Å². The molecule has 1 fully saturated rings. The van der Waals surface area contributed by atoms with E-state index in [4.69, 9.17) is 9.84 Å². The lowest BCUT2D eigenvalue weighted by Gasteiger charge is -2.32. The molecular weight excluding hydrogens is 206 g/mol. The highest BCUT2D eigenvalue weighted by atomic mass is 16.5. The molecule has 4 nitrogen and oxygen atoms in total. The molecule has 1 aliphatic rings. The van der Waals surface area contributed by atoms with E-state index >= 15 is 0 Å². The summed E-state index contributed by atoms with van der Waals surface area (Å²) in [5.41, 5.74) is 0. The predicted molar refractivity (Wildman–Crippen MR) is 62.5 cm³/mol. The van der Waals surface area contributed by atoms with Gasteiger partial charge in [-0.1, -0.05) is 6.08 Å². The minimum atomic E-state index is -0.727. The van der Waals surface area contributed by atoms with Gasteiger partial charge in [0.15, 0.2) is 0 Å². The van der Waals surface area contributed by atoms with Crippen LogP contribution in [0.25, 0.3) is 0 Å². The van der Waals surface area contributed by atoms with E-state index in [-0.39, 0.29) is 12.5 Å². The maximum atomic E-state index is 10.5. The van der Waals surface area contributed by atoms with Crippen LogP contribution in [0.5, 0.6) is 0 Å². The Morgan fingerprint density at radius 1 is 1.62 bits per heavy atom. The van der Waals surface area contributed by atoms with E-state index in [1.165, 1.54) is 0 Å². The fourth-order valence-electron chi connectivity index (χ4n) is 1.92. The lowest BCUT2D eigenvalue weighted by atomic mass is 10.1. The molecule has 0 spiro atoms. The summed E-state index contributed by atoms with van der Waals surface area (Å²) < 4.78 is 5.70. The second-order valence-corrected chi connectivity index (χ2v) is 4.16. The molecule has 1 heterocycles. The van der Waals surface area contributed by atoms with E-state index in [1.54, 1.807) is 0 Å². The molecule has 92 valence electrons. The van der Waals surface area contributed by atoms with Crippen molar-refractivity contribution in [1.29, 1.82) is 0 Å². The van der Waals surface area contributed by atoms with E-state index in [0.717, 1.165) is 39.0 Å². The first-order valence-corrected chi connectivity index (χ1v) is 5.89. The van der Waals surface area contributed by atoms with Crippen LogP contribution in [0, 0.1) is 0 Å². The van der Waals surface area contributed by atoms with Gasteiger partial charge in [0, 0.05) is 13.1 Å². The molecule has 1 saturated heterocycles. The smallest absolute Gasteiger partial charge is 0.304 e. The molecule has 0 aromatic rings. The van der Waals surface area contributed by atoms with E-state index in [1.807, 2.05) is 6.08 Å². The molecule has 0 aromatic carbocycles. The summed E-state index contributed by atoms with van der Waals surface area (Å²) in [5, 5.41) is 8.61. The number of carboxylic acids is 1. The SMILES string of the molecule is C=CCCOC1CCCN(CCC(=O)O)C1. The first-order chi connectivity index (χ1) is 7.72. The first kappa shape index (κ1) is 13.2. The second-order valence-electron chi connectivity index (χ2n) is 4.16. The van der Waals surface area contributed by atoms with Crippen LogP contribution >= 0.6 is 0 Å². The van der Waals surface area contributed by atoms with Gasteiger partial charge in [-0.3, -0.25) is 4.79 Å². The number of likely N-dealkylation sites (tertiary alicyclic amines) is 1. The standard InChI is InChI=1S/C12H21NO3/c1-2-3-9-16-11-5-4-7-13(10-11)8-6-12(14)15/h2,11H,1,3-10H2,(H,14,15). The molecular formula is C12H21NO3. The highest BCUT2D eigenvalue weighted by Crippen LogP contribution is 2.13. The number of carboxylic acid groups (broad SMARTS) is 1. The fraction of sp³-hybridized carbons (Fsp3) is 0.750. The van der Waals surface area contributed by atoms with Crippen molar-refractivity contribution in [2.75, 3.05) is 26.2 Å². The number of piperidine rings is 1. The van der Waals surface area contributed by atoms with E-state index in [9.17, 15) is 4.79 Å². The minimum Gasteiger partial charge on any atom is -0.481 e. The molecule has 4 heteroatoms. The molecule has 0 saturated carbocycles. The molecule has 16 heavy (non-hydrogen) atoms. The molecule has 0 bridgehead atoms. The van der Waals surface area contributed by atoms with Gasteiger partial charge in [-0.2, -0.15) is 0 Å². The Hall–Kier alpha value is -0.870. The molecule has 0 amide bonds. The van der Waals surface area contributed by atoms with Crippen LogP contribution in [0.2, 0.25) is 0 Å². The van der Waals surface area contributed by atoms with E-state index < -0.39 is 5.97 Å². The first-order valence-electron chi connectivity index (χ1n) is 5.89. The monoisotopic (exact) mass is 227 g/mol. The van der Waals surface area contributed by atoms with Crippen LogP contribution in [0.15, 0.2) is 12.7 Å². The van der Waals surface area contributed by atoms with Crippen LogP contribution in [-0.4, -0.2) is 48.3 Å². The number of nitrogens with zero attached hydrogens (tertiary/aromatic N) is 1. The zero-order valence-corrected chi connectivity index (χ0v) is 9.73. The molecule has 0 radical (unpaired) electrons. The zero-order valence-electron chi connectivity index (χ0n) is 9.73. The van der Waals surface area contributed by atoms with Crippen molar-refractivity contribution in [1.82, 2.24) is 4.90 Å². The van der Waals surface area contributed by atoms with Crippen molar-refractivity contribution in [2.24, 2.45) is 0 Å². The minimum absolute atomic E-state index is 0.222. The Labute approximate surface area is 96.9 Å². The highest BCUT2D eigenvalue weighted by molar-refractivity contribution is 5.66. The topological polar surface area (TPSA) is 49.8 Å². The summed E-state index contributed by atoms with van der Waals surface area (Å²) >= 11 is 0. The van der Waals surface area contributed by atoms with Crippen molar-refractivity contribution in [2.45, 2.75) is 31.8 Å². The number of hydrogen-bond donors (Lipinski definition) is 1. The van der Waals surface area contributed by atoms with Crippen molar-refractivity contribution in [3.8, 4) is 0 Å². The van der Waals surface area contributed by atoms with Crippen LogP contribution in [0.3, 0.4) is 0 Å². The number of rotatable bonds is 7. The molecule has 1 atom stereocenters. The van der Waals surface area contributed by atoms with Crippen molar-refractivity contribution < 1.29 is 14.6 Å². The van der Waals surface area contributed by atoms with E-state index in [2.05, 4.69) is 11.5 Å². The zero-order chi connectivity index (χ0) is 11.8. The Morgan fingerprint density at radius 2 is 2.44 bits per heavy atom. The summed E-state index contributed by atoms with van der Waals surface area (Å²) in [6, 6.07) is 0. The predicted octanol–water partition coefficient (Wildman–Crippen LogP) is 1.52. The molecule has 1 aliphatic heterocycles. The number of hydrogen-bond acceptors (Lipinski definition) is 3. The normalized spacial score (nSPS) is 21.9. The Bertz CT molecular complexity index is 230. The molecule has 1 rings (SSSR count). The third kappa shape index (κ3) is 5.28. The largest absolute Gasteiger partial charge is 0.481 e. The Balaban J connectivity index is 2.18. The lowest BCUT2D eigenvalue weighted by Crippen LogP contribution is -2.40. The summed E-state index contributed by atoms with van der Waals surface area (Å²) in [7, 11) is 0. The molecule has 1 N–H and O–H groups in total. The fourth-order valence-corrected chi connectivity index (χ4v) is 1.92. The third-order valence-electron chi connectivity index (χ3n) is 2.78. The van der Waals surface area contributed by atoms with Crippen molar-refractivity contribution >= 4 is 5.97 Å². The van der Waals surface area contributed by atoms with Gasteiger partial charge in [-0.05, 0) is 25.8 Å². The van der Waals surface area contributed by atoms with Crippen LogP contribution in [0.1, 0.15) is 25.7 Å². The van der Waals surface area contributed by atoms with Gasteiger partial charge < -0.3 is 14.7 Å². The van der Waals surface area contributed by atoms with Crippen molar-refractivity contribution in [3.63, 3.8) is 0 Å². The number of ether oxygens (including phenoxy) is 1. The van der Waals surface area contributed by atoms with E-state index in [0.29, 0.717) is 6.54 Å². The van der Waals surface area contributed by atoms with Crippen molar-refractivity contribution in [3.05, 3.63) is 12.7 Å². The average molecular weight is 227 g/mol. The van der Waals surface area contributed by atoms with Crippen LogP contribution in [0.4, 0.5) is 0 Å². The van der Waals surface area contributed by atoms with Gasteiger partial charge in [-0.25, -0.2) is 0 Å². The quantitative estimate of drug-likeness (QED) is 0.529. The van der Waals surface area contributed by atoms with Gasteiger partial charge in [0.05, 0.1) is 19.1 Å². The average Bonchev–Trinajstić information content (AvgIpc) is 2.27. The van der Waals surface area contributed by atoms with Crippen LogP contribution in [-0.2, 0) is 9.53 Å². The highest BCUT2D eigenvalue weighted by Gasteiger charge is 2.20. The molecule has 0 aliphatic carbocycles.